The van der Waals surface area contributed by atoms with E-state index in [1.807, 2.05) is 0 Å². The lowest BCUT2D eigenvalue weighted by molar-refractivity contribution is -0.117. The van der Waals surface area contributed by atoms with Gasteiger partial charge in [-0.25, -0.2) is 18.3 Å². The summed E-state index contributed by atoms with van der Waals surface area (Å²) in [5.41, 5.74) is 0.278. The zero-order valence-electron chi connectivity index (χ0n) is 15.7. The van der Waals surface area contributed by atoms with Gasteiger partial charge in [0.2, 0.25) is 11.7 Å². The summed E-state index contributed by atoms with van der Waals surface area (Å²) in [5.74, 6) is -2.05. The monoisotopic (exact) mass is 413 g/mol. The predicted octanol–water partition coefficient (Wildman–Crippen LogP) is 1.62. The van der Waals surface area contributed by atoms with Crippen LogP contribution in [0.3, 0.4) is 0 Å². The maximum Gasteiger partial charge on any atom is 0.346 e. The molecule has 1 aromatic heterocycles. The highest BCUT2D eigenvalue weighted by molar-refractivity contribution is 5.92. The highest BCUT2D eigenvalue weighted by atomic mass is 19.1. The third-order valence-corrected chi connectivity index (χ3v) is 4.66. The average Bonchev–Trinajstić information content (AvgIpc) is 3.00. The van der Waals surface area contributed by atoms with Gasteiger partial charge in [-0.3, -0.25) is 14.2 Å². The third kappa shape index (κ3) is 3.97. The number of anilines is 1. The van der Waals surface area contributed by atoms with E-state index < -0.39 is 35.7 Å². The van der Waals surface area contributed by atoms with E-state index in [1.165, 1.54) is 39.8 Å². The number of fused-ring (bicyclic) bond motifs is 1. The van der Waals surface area contributed by atoms with E-state index in [2.05, 4.69) is 10.4 Å². The van der Waals surface area contributed by atoms with Crippen LogP contribution in [0.1, 0.15) is 16.2 Å². The normalized spacial score (nSPS) is 13.3. The number of hydrogen-bond donors (Lipinski definition) is 1. The molecule has 154 valence electrons. The second kappa shape index (κ2) is 7.90. The van der Waals surface area contributed by atoms with Crippen molar-refractivity contribution in [2.75, 3.05) is 11.9 Å². The molecule has 2 aromatic carbocycles. The molecule has 0 radical (unpaired) electrons. The average molecular weight is 413 g/mol. The summed E-state index contributed by atoms with van der Waals surface area (Å²) in [6.45, 7) is 0.217. The fourth-order valence-electron chi connectivity index (χ4n) is 3.28. The van der Waals surface area contributed by atoms with Crippen LogP contribution in [0.15, 0.2) is 53.3 Å². The minimum absolute atomic E-state index is 0.0822. The molecule has 0 aliphatic carbocycles. The first kappa shape index (κ1) is 19.5. The van der Waals surface area contributed by atoms with E-state index in [1.54, 1.807) is 12.1 Å². The molecule has 0 spiro atoms. The van der Waals surface area contributed by atoms with Gasteiger partial charge >= 0.3 is 5.69 Å². The molecule has 0 fully saturated rings. The molecule has 1 N–H and O–H groups in total. The van der Waals surface area contributed by atoms with Crippen LogP contribution >= 0.6 is 0 Å². The van der Waals surface area contributed by atoms with E-state index >= 15 is 0 Å². The Hall–Kier alpha value is -3.82. The minimum atomic E-state index is -0.585. The van der Waals surface area contributed by atoms with Crippen molar-refractivity contribution in [3.05, 3.63) is 82.0 Å². The molecule has 2 amide bonds. The van der Waals surface area contributed by atoms with Crippen molar-refractivity contribution in [3.63, 3.8) is 0 Å². The van der Waals surface area contributed by atoms with Crippen molar-refractivity contribution >= 4 is 17.5 Å². The minimum Gasteiger partial charge on any atom is -0.330 e. The van der Waals surface area contributed by atoms with Gasteiger partial charge in [0.1, 0.15) is 18.2 Å². The molecule has 2 heterocycles. The Morgan fingerprint density at radius 1 is 1.03 bits per heavy atom. The molecule has 0 saturated carbocycles. The first-order valence-corrected chi connectivity index (χ1v) is 9.17. The first-order chi connectivity index (χ1) is 14.4. The Bertz CT molecular complexity index is 1190. The molecule has 8 nitrogen and oxygen atoms in total. The van der Waals surface area contributed by atoms with Crippen LogP contribution in [-0.4, -0.2) is 37.6 Å². The van der Waals surface area contributed by atoms with Crippen LogP contribution < -0.4 is 11.0 Å². The van der Waals surface area contributed by atoms with Gasteiger partial charge in [0.05, 0.1) is 0 Å². The number of aromatic nitrogens is 3. The van der Waals surface area contributed by atoms with Gasteiger partial charge in [-0.15, -0.1) is 5.10 Å². The molecular formula is C20H17F2N5O3. The topological polar surface area (TPSA) is 89.2 Å². The second-order valence-electron chi connectivity index (χ2n) is 6.83. The number of rotatable bonds is 5. The molecule has 0 atom stereocenters. The summed E-state index contributed by atoms with van der Waals surface area (Å²) < 4.78 is 28.7. The zero-order valence-corrected chi connectivity index (χ0v) is 15.7. The van der Waals surface area contributed by atoms with Crippen LogP contribution in [0.4, 0.5) is 14.5 Å². The van der Waals surface area contributed by atoms with E-state index in [9.17, 15) is 23.2 Å². The summed E-state index contributed by atoms with van der Waals surface area (Å²) in [6.07, 6.45) is 0. The summed E-state index contributed by atoms with van der Waals surface area (Å²) in [5, 5.41) is 6.48. The lowest BCUT2D eigenvalue weighted by Crippen LogP contribution is -2.42. The molecule has 1 aliphatic heterocycles. The smallest absolute Gasteiger partial charge is 0.330 e. The molecule has 0 saturated heterocycles. The summed E-state index contributed by atoms with van der Waals surface area (Å²) in [6, 6.07) is 11.2. The molecule has 0 bridgehead atoms. The van der Waals surface area contributed by atoms with Crippen molar-refractivity contribution in [2.24, 2.45) is 0 Å². The second-order valence-corrected chi connectivity index (χ2v) is 6.83. The number of nitrogens with zero attached hydrogens (tertiary/aromatic N) is 4. The van der Waals surface area contributed by atoms with Crippen LogP contribution in [-0.2, 0) is 24.4 Å². The summed E-state index contributed by atoms with van der Waals surface area (Å²) >= 11 is 0. The quantitative estimate of drug-likeness (QED) is 0.689. The Labute approximate surface area is 169 Å². The Morgan fingerprint density at radius 2 is 1.77 bits per heavy atom. The van der Waals surface area contributed by atoms with Crippen molar-refractivity contribution < 1.29 is 18.4 Å². The van der Waals surface area contributed by atoms with E-state index in [0.717, 1.165) is 10.7 Å². The largest absolute Gasteiger partial charge is 0.346 e. The van der Waals surface area contributed by atoms with Crippen LogP contribution in [0, 0.1) is 11.6 Å². The molecule has 10 heteroatoms. The lowest BCUT2D eigenvalue weighted by atomic mass is 10.2. The van der Waals surface area contributed by atoms with Gasteiger partial charge in [0, 0.05) is 25.3 Å². The molecule has 4 rings (SSSR count). The van der Waals surface area contributed by atoms with Gasteiger partial charge < -0.3 is 10.2 Å². The van der Waals surface area contributed by atoms with Gasteiger partial charge in [-0.05, 0) is 35.9 Å². The van der Waals surface area contributed by atoms with E-state index in [4.69, 9.17) is 0 Å². The number of benzene rings is 2. The highest BCUT2D eigenvalue weighted by Crippen LogP contribution is 2.14. The number of halogens is 2. The van der Waals surface area contributed by atoms with Crippen LogP contribution in [0.25, 0.3) is 0 Å². The first-order valence-electron chi connectivity index (χ1n) is 9.17. The van der Waals surface area contributed by atoms with Crippen LogP contribution in [0.5, 0.6) is 0 Å². The molecule has 0 unspecified atom stereocenters. The SMILES string of the molecule is O=C(Cn1nc2n(c1=O)CCN(Cc1cccc(F)c1)C2=O)Nc1cccc(F)c1. The Kier molecular flexibility index (Phi) is 5.13. The van der Waals surface area contributed by atoms with Crippen molar-refractivity contribution in [1.82, 2.24) is 19.2 Å². The Morgan fingerprint density at radius 3 is 2.50 bits per heavy atom. The zero-order chi connectivity index (χ0) is 21.3. The number of carbonyl (C=O) groups excluding carboxylic acids is 2. The van der Waals surface area contributed by atoms with Crippen LogP contribution in [0.2, 0.25) is 0 Å². The molecule has 1 aliphatic rings. The lowest BCUT2D eigenvalue weighted by Gasteiger charge is -2.26. The summed E-state index contributed by atoms with van der Waals surface area (Å²) in [4.78, 5) is 38.9. The van der Waals surface area contributed by atoms with Gasteiger partial charge in [0.15, 0.2) is 0 Å². The third-order valence-electron chi connectivity index (χ3n) is 4.66. The number of hydrogen-bond acceptors (Lipinski definition) is 4. The van der Waals surface area contributed by atoms with Gasteiger partial charge in [-0.1, -0.05) is 18.2 Å². The fourth-order valence-corrected chi connectivity index (χ4v) is 3.28. The van der Waals surface area contributed by atoms with E-state index in [0.29, 0.717) is 5.56 Å². The predicted molar refractivity (Wildman–Crippen MR) is 103 cm³/mol. The van der Waals surface area contributed by atoms with Crippen molar-refractivity contribution in [1.29, 1.82) is 0 Å². The molecule has 30 heavy (non-hydrogen) atoms. The van der Waals surface area contributed by atoms with Gasteiger partial charge in [-0.2, -0.15) is 0 Å². The maximum atomic E-state index is 13.4. The highest BCUT2D eigenvalue weighted by Gasteiger charge is 2.30. The Balaban J connectivity index is 1.49. The molecule has 3 aromatic rings. The van der Waals surface area contributed by atoms with E-state index in [-0.39, 0.29) is 31.1 Å². The maximum absolute atomic E-state index is 13.4. The standard InChI is InChI=1S/C20H17F2N5O3/c21-14-4-1-3-13(9-14)11-25-7-8-26-18(19(25)29)24-27(20(26)30)12-17(28)23-16-6-2-5-15(22)10-16/h1-6,9-10H,7-8,11-12H2,(H,23,28). The molecular weight excluding hydrogens is 396 g/mol. The van der Waals surface area contributed by atoms with Crippen molar-refractivity contribution in [3.8, 4) is 0 Å². The number of amides is 2. The summed E-state index contributed by atoms with van der Waals surface area (Å²) in [7, 11) is 0. The number of nitrogens with one attached hydrogen (secondary N) is 1. The number of carbonyl (C=O) groups is 2. The fraction of sp³-hybridized carbons (Fsp3) is 0.200. The van der Waals surface area contributed by atoms with Crippen molar-refractivity contribution in [2.45, 2.75) is 19.6 Å². The van der Waals surface area contributed by atoms with Gasteiger partial charge in [0.25, 0.3) is 5.91 Å².